The molecule has 1 saturated heterocycles. The van der Waals surface area contributed by atoms with Gasteiger partial charge in [-0.05, 0) is 49.6 Å². The minimum Gasteiger partial charge on any atom is -0.490 e. The lowest BCUT2D eigenvalue weighted by atomic mass is 9.90. The first-order valence-electron chi connectivity index (χ1n) is 7.80. The highest BCUT2D eigenvalue weighted by Gasteiger charge is 2.40. The van der Waals surface area contributed by atoms with Crippen molar-refractivity contribution in [3.8, 4) is 5.75 Å². The summed E-state index contributed by atoms with van der Waals surface area (Å²) in [6.07, 6.45) is 7.13. The molecule has 1 aromatic rings. The average Bonchev–Trinajstić information content (AvgIpc) is 2.95. The second-order valence-electron chi connectivity index (χ2n) is 6.18. The van der Waals surface area contributed by atoms with Crippen LogP contribution in [0, 0.1) is 0 Å². The number of oxime groups is 1. The maximum absolute atomic E-state index is 8.78. The smallest absolute Gasteiger partial charge is 0.119 e. The van der Waals surface area contributed by atoms with E-state index in [1.807, 2.05) is 24.3 Å². The highest BCUT2D eigenvalue weighted by Crippen LogP contribution is 2.40. The third-order valence-corrected chi connectivity index (χ3v) is 4.69. The molecule has 1 atom stereocenters. The molecule has 1 saturated carbocycles. The Morgan fingerprint density at radius 1 is 1.29 bits per heavy atom. The molecule has 1 heterocycles. The van der Waals surface area contributed by atoms with Crippen molar-refractivity contribution in [3.05, 3.63) is 29.8 Å². The van der Waals surface area contributed by atoms with E-state index in [2.05, 4.69) is 5.16 Å². The molecule has 4 nitrogen and oxygen atoms in total. The van der Waals surface area contributed by atoms with E-state index in [4.69, 9.17) is 14.7 Å². The van der Waals surface area contributed by atoms with Gasteiger partial charge in [0.1, 0.15) is 11.9 Å². The van der Waals surface area contributed by atoms with Gasteiger partial charge in [-0.1, -0.05) is 18.0 Å². The molecule has 0 amide bonds. The van der Waals surface area contributed by atoms with Gasteiger partial charge in [-0.15, -0.1) is 0 Å². The van der Waals surface area contributed by atoms with Gasteiger partial charge in [0, 0.05) is 12.8 Å². The Hall–Kier alpha value is -1.55. The molecule has 2 aliphatic rings. The molecule has 1 aliphatic heterocycles. The molecule has 1 unspecified atom stereocenters. The van der Waals surface area contributed by atoms with Crippen LogP contribution in [-0.4, -0.2) is 29.2 Å². The minimum absolute atomic E-state index is 0.0863. The molecule has 1 N–H and O–H groups in total. The van der Waals surface area contributed by atoms with Crippen molar-refractivity contribution in [2.75, 3.05) is 6.61 Å². The first-order valence-corrected chi connectivity index (χ1v) is 7.80. The molecular formula is C17H23NO3. The Labute approximate surface area is 125 Å². The van der Waals surface area contributed by atoms with Crippen molar-refractivity contribution >= 4 is 5.71 Å². The lowest BCUT2D eigenvalue weighted by Crippen LogP contribution is -2.41. The fourth-order valence-electron chi connectivity index (χ4n) is 3.48. The Morgan fingerprint density at radius 3 is 2.67 bits per heavy atom. The Bertz CT molecular complexity index is 503. The van der Waals surface area contributed by atoms with E-state index >= 15 is 0 Å². The third-order valence-electron chi connectivity index (χ3n) is 4.69. The molecule has 3 rings (SSSR count). The van der Waals surface area contributed by atoms with Crippen LogP contribution in [0.4, 0.5) is 0 Å². The molecule has 114 valence electrons. The van der Waals surface area contributed by atoms with Gasteiger partial charge in [0.2, 0.25) is 0 Å². The topological polar surface area (TPSA) is 51.1 Å². The number of hydrogen-bond acceptors (Lipinski definition) is 4. The summed E-state index contributed by atoms with van der Waals surface area (Å²) in [5, 5.41) is 12.0. The normalized spacial score (nSPS) is 25.2. The Balaban J connectivity index is 1.63. The van der Waals surface area contributed by atoms with E-state index < -0.39 is 0 Å². The zero-order chi connectivity index (χ0) is 14.7. The van der Waals surface area contributed by atoms with Crippen LogP contribution < -0.4 is 4.74 Å². The molecule has 4 heteroatoms. The monoisotopic (exact) mass is 289 g/mol. The van der Waals surface area contributed by atoms with E-state index in [0.717, 1.165) is 30.8 Å². The second-order valence-corrected chi connectivity index (χ2v) is 6.18. The van der Waals surface area contributed by atoms with E-state index in [0.29, 0.717) is 5.71 Å². The summed E-state index contributed by atoms with van der Waals surface area (Å²) in [5.74, 6) is 0.879. The number of hydrogen-bond donors (Lipinski definition) is 1. The van der Waals surface area contributed by atoms with Crippen LogP contribution in [0.2, 0.25) is 0 Å². The van der Waals surface area contributed by atoms with Crippen LogP contribution in [0.3, 0.4) is 0 Å². The van der Waals surface area contributed by atoms with Gasteiger partial charge in [-0.3, -0.25) is 0 Å². The van der Waals surface area contributed by atoms with Crippen LogP contribution in [0.1, 0.15) is 51.0 Å². The van der Waals surface area contributed by atoms with Crippen molar-refractivity contribution in [1.82, 2.24) is 0 Å². The SMILES string of the molecule is C/C(=N/O)c1ccc(OC2CCOC3(CCCC3)C2)cc1. The van der Waals surface area contributed by atoms with Gasteiger partial charge in [0.15, 0.2) is 0 Å². The van der Waals surface area contributed by atoms with Gasteiger partial charge in [-0.2, -0.15) is 0 Å². The maximum atomic E-state index is 8.78. The molecule has 2 fully saturated rings. The summed E-state index contributed by atoms with van der Waals surface area (Å²) in [5.41, 5.74) is 1.60. The summed E-state index contributed by atoms with van der Waals surface area (Å²) in [6.45, 7) is 2.58. The van der Waals surface area contributed by atoms with E-state index in [1.54, 1.807) is 6.92 Å². The van der Waals surface area contributed by atoms with Crippen LogP contribution in [0.25, 0.3) is 0 Å². The first kappa shape index (κ1) is 14.4. The quantitative estimate of drug-likeness (QED) is 0.523. The molecule has 1 spiro atoms. The summed E-state index contributed by atoms with van der Waals surface area (Å²) in [7, 11) is 0. The molecule has 0 radical (unpaired) electrons. The molecule has 1 aromatic carbocycles. The Morgan fingerprint density at radius 2 is 2.00 bits per heavy atom. The third kappa shape index (κ3) is 3.21. The standard InChI is InChI=1S/C17H23NO3/c1-13(18-19)14-4-6-15(7-5-14)21-16-8-11-20-17(12-16)9-2-3-10-17/h4-7,16,19H,2-3,8-12H2,1H3/b18-13-. The number of nitrogens with zero attached hydrogens (tertiary/aromatic N) is 1. The molecule has 21 heavy (non-hydrogen) atoms. The summed E-state index contributed by atoms with van der Waals surface area (Å²) in [6, 6.07) is 7.74. The largest absolute Gasteiger partial charge is 0.490 e. The van der Waals surface area contributed by atoms with Crippen molar-refractivity contribution < 1.29 is 14.7 Å². The van der Waals surface area contributed by atoms with Crippen molar-refractivity contribution in [3.63, 3.8) is 0 Å². The molecule has 0 bridgehead atoms. The number of rotatable bonds is 3. The van der Waals surface area contributed by atoms with Gasteiger partial charge in [0.25, 0.3) is 0 Å². The van der Waals surface area contributed by atoms with Crippen LogP contribution in [0.5, 0.6) is 5.75 Å². The van der Waals surface area contributed by atoms with E-state index in [1.165, 1.54) is 25.7 Å². The minimum atomic E-state index is 0.0863. The van der Waals surface area contributed by atoms with Crippen molar-refractivity contribution in [2.24, 2.45) is 5.16 Å². The predicted octanol–water partition coefficient (Wildman–Crippen LogP) is 3.76. The highest BCUT2D eigenvalue weighted by molar-refractivity contribution is 5.98. The zero-order valence-corrected chi connectivity index (χ0v) is 12.5. The van der Waals surface area contributed by atoms with Crippen molar-refractivity contribution in [2.45, 2.75) is 57.2 Å². The molecular weight excluding hydrogens is 266 g/mol. The summed E-state index contributed by atoms with van der Waals surface area (Å²) >= 11 is 0. The molecule has 0 aromatic heterocycles. The summed E-state index contributed by atoms with van der Waals surface area (Å²) < 4.78 is 12.2. The highest BCUT2D eigenvalue weighted by atomic mass is 16.5. The lowest BCUT2D eigenvalue weighted by Gasteiger charge is -2.38. The fourth-order valence-corrected chi connectivity index (χ4v) is 3.48. The predicted molar refractivity (Wildman–Crippen MR) is 81.2 cm³/mol. The van der Waals surface area contributed by atoms with E-state index in [-0.39, 0.29) is 11.7 Å². The Kier molecular flexibility index (Phi) is 4.15. The number of ether oxygens (including phenoxy) is 2. The zero-order valence-electron chi connectivity index (χ0n) is 12.5. The maximum Gasteiger partial charge on any atom is 0.119 e. The van der Waals surface area contributed by atoms with Gasteiger partial charge in [0.05, 0.1) is 17.9 Å². The lowest BCUT2D eigenvalue weighted by molar-refractivity contribution is -0.108. The summed E-state index contributed by atoms with van der Waals surface area (Å²) in [4.78, 5) is 0. The van der Waals surface area contributed by atoms with Crippen LogP contribution in [-0.2, 0) is 4.74 Å². The average molecular weight is 289 g/mol. The van der Waals surface area contributed by atoms with Crippen LogP contribution >= 0.6 is 0 Å². The van der Waals surface area contributed by atoms with Crippen LogP contribution in [0.15, 0.2) is 29.4 Å². The van der Waals surface area contributed by atoms with Crippen molar-refractivity contribution in [1.29, 1.82) is 0 Å². The fraction of sp³-hybridized carbons (Fsp3) is 0.588. The van der Waals surface area contributed by atoms with Gasteiger partial charge >= 0.3 is 0 Å². The van der Waals surface area contributed by atoms with Gasteiger partial charge < -0.3 is 14.7 Å². The number of benzene rings is 1. The van der Waals surface area contributed by atoms with Gasteiger partial charge in [-0.25, -0.2) is 0 Å². The second kappa shape index (κ2) is 6.06. The first-order chi connectivity index (χ1) is 10.2. The molecule has 1 aliphatic carbocycles. The van der Waals surface area contributed by atoms with E-state index in [9.17, 15) is 0 Å².